The van der Waals surface area contributed by atoms with Crippen molar-refractivity contribution in [1.29, 1.82) is 0 Å². The average molecular weight is 296 g/mol. The first-order valence-corrected chi connectivity index (χ1v) is 7.08. The third kappa shape index (κ3) is 3.35. The second-order valence-electron chi connectivity index (χ2n) is 4.60. The molecule has 2 aromatic heterocycles. The molecule has 108 valence electrons. The normalized spacial score (nSPS) is 11.2. The topological polar surface area (TPSA) is 98.7 Å². The summed E-state index contributed by atoms with van der Waals surface area (Å²) in [5.74, 6) is 0.694. The molecule has 0 aliphatic heterocycles. The third-order valence-corrected chi connectivity index (χ3v) is 3.48. The Kier molecular flexibility index (Phi) is 4.38. The fourth-order valence-corrected chi connectivity index (χ4v) is 2.37. The first kappa shape index (κ1) is 14.5. The summed E-state index contributed by atoms with van der Waals surface area (Å²) in [6, 6.07) is 0. The van der Waals surface area contributed by atoms with Crippen molar-refractivity contribution >= 4 is 17.7 Å². The molecule has 2 heterocycles. The molecule has 8 nitrogen and oxygen atoms in total. The second kappa shape index (κ2) is 6.04. The minimum absolute atomic E-state index is 0.0497. The Balaban J connectivity index is 2.26. The number of aliphatic carboxylic acids is 1. The van der Waals surface area contributed by atoms with Crippen LogP contribution in [-0.2, 0) is 18.4 Å². The van der Waals surface area contributed by atoms with E-state index in [2.05, 4.69) is 20.3 Å². The molecule has 0 saturated carbocycles. The summed E-state index contributed by atoms with van der Waals surface area (Å²) in [6.07, 6.45) is 1.62. The van der Waals surface area contributed by atoms with Crippen LogP contribution in [-0.4, -0.2) is 46.4 Å². The Hall–Kier alpha value is -1.90. The Bertz CT molecular complexity index is 606. The van der Waals surface area contributed by atoms with E-state index in [1.165, 1.54) is 0 Å². The lowest BCUT2D eigenvalue weighted by Crippen LogP contribution is -2.10. The number of hydrogen-bond donors (Lipinski definition) is 1. The third-order valence-electron chi connectivity index (χ3n) is 2.53. The maximum atomic E-state index is 10.7. The van der Waals surface area contributed by atoms with Gasteiger partial charge in [-0.25, -0.2) is 4.98 Å². The minimum Gasteiger partial charge on any atom is -0.481 e. The molecule has 0 bridgehead atoms. The molecule has 0 aliphatic carbocycles. The summed E-state index contributed by atoms with van der Waals surface area (Å²) in [4.78, 5) is 14.9. The van der Waals surface area contributed by atoms with Gasteiger partial charge in [0.2, 0.25) is 0 Å². The molecule has 0 atom stereocenters. The number of aromatic nitrogens is 6. The van der Waals surface area contributed by atoms with Gasteiger partial charge in [-0.05, 0) is 0 Å². The molecule has 1 N–H and O–H groups in total. The molecule has 0 aromatic carbocycles. The van der Waals surface area contributed by atoms with Gasteiger partial charge in [0.15, 0.2) is 11.0 Å². The van der Waals surface area contributed by atoms with Crippen molar-refractivity contribution in [1.82, 2.24) is 29.5 Å². The van der Waals surface area contributed by atoms with Gasteiger partial charge < -0.3 is 5.11 Å². The van der Waals surface area contributed by atoms with Crippen molar-refractivity contribution in [3.8, 4) is 0 Å². The van der Waals surface area contributed by atoms with E-state index in [9.17, 15) is 4.79 Å². The summed E-state index contributed by atoms with van der Waals surface area (Å²) in [5.41, 5.74) is 0. The fourth-order valence-electron chi connectivity index (χ4n) is 1.71. The number of thioether (sulfide) groups is 1. The lowest BCUT2D eigenvalue weighted by molar-refractivity contribution is -0.133. The molecule has 0 amide bonds. The molecule has 0 saturated heterocycles. The minimum atomic E-state index is -0.883. The van der Waals surface area contributed by atoms with Gasteiger partial charge in [-0.2, -0.15) is 5.10 Å². The first-order chi connectivity index (χ1) is 9.47. The van der Waals surface area contributed by atoms with Crippen LogP contribution in [0.5, 0.6) is 0 Å². The van der Waals surface area contributed by atoms with Crippen molar-refractivity contribution in [2.45, 2.75) is 31.5 Å². The lowest BCUT2D eigenvalue weighted by atomic mass is 10.2. The highest BCUT2D eigenvalue weighted by atomic mass is 32.2. The first-order valence-electron chi connectivity index (χ1n) is 6.09. The van der Waals surface area contributed by atoms with Crippen molar-refractivity contribution in [3.63, 3.8) is 0 Å². The fraction of sp³-hybridized carbons (Fsp3) is 0.545. The SMILES string of the molecule is CC(C)c1nnc(SCC(=O)O)n1Cc1ncn(C)n1. The van der Waals surface area contributed by atoms with Gasteiger partial charge >= 0.3 is 5.97 Å². The highest BCUT2D eigenvalue weighted by Crippen LogP contribution is 2.21. The van der Waals surface area contributed by atoms with E-state index < -0.39 is 5.97 Å². The largest absolute Gasteiger partial charge is 0.481 e. The van der Waals surface area contributed by atoms with Gasteiger partial charge in [0.05, 0.1) is 12.3 Å². The van der Waals surface area contributed by atoms with Crippen molar-refractivity contribution in [2.75, 3.05) is 5.75 Å². The molecular weight excluding hydrogens is 280 g/mol. The average Bonchev–Trinajstić information content (AvgIpc) is 2.94. The van der Waals surface area contributed by atoms with Crippen molar-refractivity contribution in [2.24, 2.45) is 7.05 Å². The van der Waals surface area contributed by atoms with E-state index in [1.54, 1.807) is 18.1 Å². The molecule has 2 aromatic rings. The van der Waals surface area contributed by atoms with Crippen LogP contribution < -0.4 is 0 Å². The number of carbonyl (C=O) groups is 1. The Morgan fingerprint density at radius 2 is 2.20 bits per heavy atom. The van der Waals surface area contributed by atoms with Crippen LogP contribution >= 0.6 is 11.8 Å². The maximum absolute atomic E-state index is 10.7. The molecule has 0 fully saturated rings. The molecule has 0 spiro atoms. The van der Waals surface area contributed by atoms with E-state index in [0.717, 1.165) is 17.6 Å². The molecule has 9 heteroatoms. The van der Waals surface area contributed by atoms with Crippen LogP contribution in [0.2, 0.25) is 0 Å². The van der Waals surface area contributed by atoms with Gasteiger partial charge in [-0.3, -0.25) is 14.0 Å². The zero-order chi connectivity index (χ0) is 14.7. The molecule has 20 heavy (non-hydrogen) atoms. The Labute approximate surface area is 120 Å². The summed E-state index contributed by atoms with van der Waals surface area (Å²) in [6.45, 7) is 4.46. The highest BCUT2D eigenvalue weighted by Gasteiger charge is 2.17. The van der Waals surface area contributed by atoms with E-state index in [4.69, 9.17) is 5.11 Å². The number of rotatable bonds is 6. The number of aryl methyl sites for hydroxylation is 1. The number of nitrogens with zero attached hydrogens (tertiary/aromatic N) is 6. The zero-order valence-corrected chi connectivity index (χ0v) is 12.3. The van der Waals surface area contributed by atoms with Crippen LogP contribution in [0, 0.1) is 0 Å². The maximum Gasteiger partial charge on any atom is 0.313 e. The van der Waals surface area contributed by atoms with Crippen molar-refractivity contribution in [3.05, 3.63) is 18.0 Å². The summed E-state index contributed by atoms with van der Waals surface area (Å²) in [7, 11) is 1.80. The second-order valence-corrected chi connectivity index (χ2v) is 5.54. The van der Waals surface area contributed by atoms with Crippen molar-refractivity contribution < 1.29 is 9.90 Å². The predicted molar refractivity (Wildman–Crippen MR) is 72.6 cm³/mol. The van der Waals surface area contributed by atoms with Crippen LogP contribution in [0.1, 0.15) is 31.4 Å². The molecule has 2 rings (SSSR count). The van der Waals surface area contributed by atoms with Gasteiger partial charge in [0, 0.05) is 13.0 Å². The lowest BCUT2D eigenvalue weighted by Gasteiger charge is -2.09. The van der Waals surface area contributed by atoms with Gasteiger partial charge in [-0.1, -0.05) is 25.6 Å². The number of carboxylic acid groups (broad SMARTS) is 1. The summed E-state index contributed by atoms with van der Waals surface area (Å²) < 4.78 is 3.49. The van der Waals surface area contributed by atoms with Crippen LogP contribution in [0.4, 0.5) is 0 Å². The van der Waals surface area contributed by atoms with Gasteiger partial charge in [0.1, 0.15) is 12.2 Å². The van der Waals surface area contributed by atoms with Crippen LogP contribution in [0.15, 0.2) is 11.5 Å². The smallest absolute Gasteiger partial charge is 0.313 e. The van der Waals surface area contributed by atoms with Crippen LogP contribution in [0.3, 0.4) is 0 Å². The molecule has 0 aliphatic rings. The molecule has 0 unspecified atom stereocenters. The summed E-state index contributed by atoms with van der Waals surface area (Å²) >= 11 is 1.15. The molecular formula is C11H16N6O2S. The highest BCUT2D eigenvalue weighted by molar-refractivity contribution is 7.99. The van der Waals surface area contributed by atoms with E-state index >= 15 is 0 Å². The standard InChI is InChI=1S/C11H16N6O2S/c1-7(2)10-13-14-11(20-5-9(18)19)17(10)4-8-12-6-16(3)15-8/h6-7H,4-5H2,1-3H3,(H,18,19). The van der Waals surface area contributed by atoms with Crippen LogP contribution in [0.25, 0.3) is 0 Å². The summed E-state index contributed by atoms with van der Waals surface area (Å²) in [5, 5.41) is 21.8. The van der Waals surface area contributed by atoms with E-state index in [0.29, 0.717) is 17.5 Å². The van der Waals surface area contributed by atoms with E-state index in [-0.39, 0.29) is 11.7 Å². The number of hydrogen-bond acceptors (Lipinski definition) is 6. The van der Waals surface area contributed by atoms with Gasteiger partial charge in [-0.15, -0.1) is 10.2 Å². The predicted octanol–water partition coefficient (Wildman–Crippen LogP) is 0.755. The Morgan fingerprint density at radius 1 is 1.45 bits per heavy atom. The number of carboxylic acids is 1. The quantitative estimate of drug-likeness (QED) is 0.785. The molecule has 0 radical (unpaired) electrons. The van der Waals surface area contributed by atoms with E-state index in [1.807, 2.05) is 18.4 Å². The van der Waals surface area contributed by atoms with Gasteiger partial charge in [0.25, 0.3) is 0 Å². The zero-order valence-electron chi connectivity index (χ0n) is 11.5. The Morgan fingerprint density at radius 3 is 2.75 bits per heavy atom. The monoisotopic (exact) mass is 296 g/mol.